The van der Waals surface area contributed by atoms with Crippen molar-refractivity contribution in [3.63, 3.8) is 0 Å². The van der Waals surface area contributed by atoms with Crippen LogP contribution in [0.4, 0.5) is 0 Å². The van der Waals surface area contributed by atoms with E-state index in [-0.39, 0.29) is 21.6 Å². The van der Waals surface area contributed by atoms with E-state index in [0.29, 0.717) is 4.31 Å². The fourth-order valence-corrected chi connectivity index (χ4v) is 3.16. The first kappa shape index (κ1) is 11.6. The third-order valence-corrected chi connectivity index (χ3v) is 4.58. The average Bonchev–Trinajstić information content (AvgIpc) is 2.41. The van der Waals surface area contributed by atoms with Crippen molar-refractivity contribution in [2.24, 2.45) is 0 Å². The number of hydrogen-bond acceptors (Lipinski definition) is 4. The van der Waals surface area contributed by atoms with Gasteiger partial charge in [-0.1, -0.05) is 0 Å². The van der Waals surface area contributed by atoms with Gasteiger partial charge < -0.3 is 5.11 Å². The van der Waals surface area contributed by atoms with Crippen molar-refractivity contribution in [2.75, 3.05) is 7.05 Å². The van der Waals surface area contributed by atoms with Crippen molar-refractivity contribution in [1.82, 2.24) is 4.31 Å². The van der Waals surface area contributed by atoms with Gasteiger partial charge in [0.15, 0.2) is 0 Å². The second kappa shape index (κ2) is 3.30. The predicted molar refractivity (Wildman–Crippen MR) is 57.4 cm³/mol. The summed E-state index contributed by atoms with van der Waals surface area (Å²) in [6.45, 7) is 1.43. The van der Waals surface area contributed by atoms with E-state index in [1.807, 2.05) is 0 Å². The standard InChI is InChI=1S/C10H9NO5S/c1-5-6(10(13)14)3-4-7-8(5)9(12)11(2)17(7,15)16/h3-4H,1-2H3,(H,13,14). The van der Waals surface area contributed by atoms with Crippen molar-refractivity contribution in [3.8, 4) is 0 Å². The van der Waals surface area contributed by atoms with Gasteiger partial charge in [0.2, 0.25) is 0 Å². The number of benzene rings is 1. The maximum Gasteiger partial charge on any atom is 0.335 e. The van der Waals surface area contributed by atoms with Crippen LogP contribution in [0.3, 0.4) is 0 Å². The number of sulfonamides is 1. The SMILES string of the molecule is Cc1c(C(=O)O)ccc2c1C(=O)N(C)S2(=O)=O. The van der Waals surface area contributed by atoms with E-state index < -0.39 is 21.9 Å². The molecule has 1 heterocycles. The monoisotopic (exact) mass is 255 g/mol. The largest absolute Gasteiger partial charge is 0.478 e. The van der Waals surface area contributed by atoms with Gasteiger partial charge in [-0.3, -0.25) is 4.79 Å². The minimum absolute atomic E-state index is 0.0487. The fraction of sp³-hybridized carbons (Fsp3) is 0.200. The Labute approximate surface area is 97.5 Å². The lowest BCUT2D eigenvalue weighted by Crippen LogP contribution is -2.25. The molecule has 6 nitrogen and oxygen atoms in total. The van der Waals surface area contributed by atoms with Crippen LogP contribution in [0.2, 0.25) is 0 Å². The van der Waals surface area contributed by atoms with Crippen molar-refractivity contribution in [3.05, 3.63) is 28.8 Å². The van der Waals surface area contributed by atoms with Crippen LogP contribution in [0.1, 0.15) is 26.3 Å². The van der Waals surface area contributed by atoms with Gasteiger partial charge in [-0.05, 0) is 24.6 Å². The third kappa shape index (κ3) is 1.35. The highest BCUT2D eigenvalue weighted by Gasteiger charge is 2.40. The minimum Gasteiger partial charge on any atom is -0.478 e. The van der Waals surface area contributed by atoms with Crippen LogP contribution >= 0.6 is 0 Å². The highest BCUT2D eigenvalue weighted by Crippen LogP contribution is 2.32. The summed E-state index contributed by atoms with van der Waals surface area (Å²) in [7, 11) is -2.66. The summed E-state index contributed by atoms with van der Waals surface area (Å²) in [5.41, 5.74) is 0.0583. The molecule has 1 amide bonds. The first-order valence-corrected chi connectivity index (χ1v) is 6.12. The number of fused-ring (bicyclic) bond motifs is 1. The molecule has 1 aromatic carbocycles. The normalized spacial score (nSPS) is 17.1. The molecule has 0 atom stereocenters. The van der Waals surface area contributed by atoms with E-state index in [0.717, 1.165) is 13.1 Å². The first-order chi connectivity index (χ1) is 7.78. The van der Waals surface area contributed by atoms with Crippen molar-refractivity contribution < 1.29 is 23.1 Å². The molecule has 1 N–H and O–H groups in total. The summed E-state index contributed by atoms with van der Waals surface area (Å²) in [6.07, 6.45) is 0. The van der Waals surface area contributed by atoms with Gasteiger partial charge in [0.1, 0.15) is 4.90 Å². The Balaban J connectivity index is 2.85. The number of rotatable bonds is 1. The zero-order chi connectivity index (χ0) is 13.0. The molecular weight excluding hydrogens is 246 g/mol. The van der Waals surface area contributed by atoms with Gasteiger partial charge in [0.25, 0.3) is 15.9 Å². The van der Waals surface area contributed by atoms with Crippen LogP contribution in [0.5, 0.6) is 0 Å². The topological polar surface area (TPSA) is 91.8 Å². The summed E-state index contributed by atoms with van der Waals surface area (Å²) in [5, 5.41) is 8.90. The quantitative estimate of drug-likeness (QED) is 0.787. The summed E-state index contributed by atoms with van der Waals surface area (Å²) in [6, 6.07) is 2.35. The molecule has 0 spiro atoms. The number of aromatic carboxylic acids is 1. The van der Waals surface area contributed by atoms with Gasteiger partial charge in [0.05, 0.1) is 11.1 Å². The van der Waals surface area contributed by atoms with E-state index in [4.69, 9.17) is 5.11 Å². The zero-order valence-corrected chi connectivity index (χ0v) is 9.91. The van der Waals surface area contributed by atoms with Gasteiger partial charge in [0, 0.05) is 7.05 Å². The molecule has 0 fully saturated rings. The molecule has 0 aromatic heterocycles. The first-order valence-electron chi connectivity index (χ1n) is 4.68. The van der Waals surface area contributed by atoms with Crippen LogP contribution in [0.25, 0.3) is 0 Å². The maximum atomic E-state index is 11.8. The highest BCUT2D eigenvalue weighted by molar-refractivity contribution is 7.90. The van der Waals surface area contributed by atoms with Crippen molar-refractivity contribution >= 4 is 21.9 Å². The van der Waals surface area contributed by atoms with Crippen LogP contribution in [-0.4, -0.2) is 36.8 Å². The predicted octanol–water partition coefficient (Wildman–Crippen LogP) is 0.468. The number of nitrogens with zero attached hydrogens (tertiary/aromatic N) is 1. The Kier molecular flexibility index (Phi) is 2.25. The van der Waals surface area contributed by atoms with Gasteiger partial charge in [-0.2, -0.15) is 0 Å². The number of carbonyl (C=O) groups is 2. The molecule has 1 aromatic rings. The number of amides is 1. The molecule has 0 saturated carbocycles. The lowest BCUT2D eigenvalue weighted by Gasteiger charge is -2.05. The molecule has 0 aliphatic carbocycles. The molecule has 1 aliphatic rings. The number of carbonyl (C=O) groups excluding carboxylic acids is 1. The highest BCUT2D eigenvalue weighted by atomic mass is 32.2. The van der Waals surface area contributed by atoms with Crippen LogP contribution in [0, 0.1) is 6.92 Å². The second-order valence-corrected chi connectivity index (χ2v) is 5.63. The molecular formula is C10H9NO5S. The van der Waals surface area contributed by atoms with Crippen LogP contribution in [0.15, 0.2) is 17.0 Å². The molecule has 17 heavy (non-hydrogen) atoms. The molecule has 90 valence electrons. The smallest absolute Gasteiger partial charge is 0.335 e. The van der Waals surface area contributed by atoms with E-state index in [2.05, 4.69) is 0 Å². The number of carboxylic acids is 1. The molecule has 2 rings (SSSR count). The van der Waals surface area contributed by atoms with E-state index >= 15 is 0 Å². The third-order valence-electron chi connectivity index (χ3n) is 2.80. The Morgan fingerprint density at radius 1 is 1.35 bits per heavy atom. The molecule has 0 bridgehead atoms. The minimum atomic E-state index is -3.81. The number of carboxylic acid groups (broad SMARTS) is 1. The molecule has 1 aliphatic heterocycles. The summed E-state index contributed by atoms with van der Waals surface area (Å²) < 4.78 is 24.2. The summed E-state index contributed by atoms with van der Waals surface area (Å²) in [4.78, 5) is 22.5. The molecule has 0 radical (unpaired) electrons. The van der Waals surface area contributed by atoms with E-state index in [1.54, 1.807) is 0 Å². The van der Waals surface area contributed by atoms with E-state index in [1.165, 1.54) is 13.0 Å². The Morgan fingerprint density at radius 3 is 2.47 bits per heavy atom. The Morgan fingerprint density at radius 2 is 1.94 bits per heavy atom. The lowest BCUT2D eigenvalue weighted by molar-refractivity contribution is 0.0696. The van der Waals surface area contributed by atoms with Crippen LogP contribution in [-0.2, 0) is 10.0 Å². The molecule has 7 heteroatoms. The fourth-order valence-electron chi connectivity index (χ4n) is 1.81. The summed E-state index contributed by atoms with van der Waals surface area (Å²) in [5.74, 6) is -1.88. The van der Waals surface area contributed by atoms with Gasteiger partial charge in [-0.25, -0.2) is 17.5 Å². The van der Waals surface area contributed by atoms with Crippen molar-refractivity contribution in [2.45, 2.75) is 11.8 Å². The molecule has 0 unspecified atom stereocenters. The van der Waals surface area contributed by atoms with E-state index in [9.17, 15) is 18.0 Å². The van der Waals surface area contributed by atoms with Crippen molar-refractivity contribution in [1.29, 1.82) is 0 Å². The Bertz CT molecular complexity index is 647. The number of hydrogen-bond donors (Lipinski definition) is 1. The zero-order valence-electron chi connectivity index (χ0n) is 9.09. The average molecular weight is 255 g/mol. The van der Waals surface area contributed by atoms with Crippen LogP contribution < -0.4 is 0 Å². The Hall–Kier alpha value is -1.89. The second-order valence-electron chi connectivity index (χ2n) is 3.69. The summed E-state index contributed by atoms with van der Waals surface area (Å²) >= 11 is 0. The maximum absolute atomic E-state index is 11.8. The van der Waals surface area contributed by atoms with Gasteiger partial charge in [-0.15, -0.1) is 0 Å². The van der Waals surface area contributed by atoms with Gasteiger partial charge >= 0.3 is 5.97 Å². The lowest BCUT2D eigenvalue weighted by atomic mass is 10.0. The molecule has 0 saturated heterocycles.